The lowest BCUT2D eigenvalue weighted by atomic mass is 10.1. The standard InChI is InChI=1S/C14H11BrN2/c1-9-2-4-10(5-3-9)14-12-8-11(15)6-7-13(12)16-17-14/h2-8H,1H3,(H,16,17). The van der Waals surface area contributed by atoms with Crippen LogP contribution in [0.15, 0.2) is 46.9 Å². The van der Waals surface area contributed by atoms with E-state index in [0.717, 1.165) is 26.6 Å². The van der Waals surface area contributed by atoms with Gasteiger partial charge in [0.25, 0.3) is 0 Å². The molecule has 1 aromatic heterocycles. The van der Waals surface area contributed by atoms with Crippen molar-refractivity contribution in [3.63, 3.8) is 0 Å². The van der Waals surface area contributed by atoms with Crippen LogP contribution in [0.25, 0.3) is 22.2 Å². The van der Waals surface area contributed by atoms with Gasteiger partial charge in [0, 0.05) is 15.4 Å². The summed E-state index contributed by atoms with van der Waals surface area (Å²) in [7, 11) is 0. The largest absolute Gasteiger partial charge is 0.277 e. The molecule has 0 aliphatic heterocycles. The summed E-state index contributed by atoms with van der Waals surface area (Å²) in [5.74, 6) is 0. The molecule has 2 nitrogen and oxygen atoms in total. The molecule has 1 heterocycles. The molecule has 3 heteroatoms. The fourth-order valence-corrected chi connectivity index (χ4v) is 2.28. The van der Waals surface area contributed by atoms with Gasteiger partial charge in [-0.1, -0.05) is 45.8 Å². The van der Waals surface area contributed by atoms with E-state index < -0.39 is 0 Å². The van der Waals surface area contributed by atoms with Gasteiger partial charge in [-0.3, -0.25) is 5.10 Å². The van der Waals surface area contributed by atoms with Crippen LogP contribution in [0.3, 0.4) is 0 Å². The minimum Gasteiger partial charge on any atom is -0.277 e. The van der Waals surface area contributed by atoms with E-state index in [4.69, 9.17) is 0 Å². The third-order valence-corrected chi connectivity index (χ3v) is 3.34. The van der Waals surface area contributed by atoms with Gasteiger partial charge in [-0.2, -0.15) is 5.10 Å². The van der Waals surface area contributed by atoms with Crippen molar-refractivity contribution < 1.29 is 0 Å². The van der Waals surface area contributed by atoms with Crippen molar-refractivity contribution in [3.8, 4) is 11.3 Å². The number of aromatic nitrogens is 2. The van der Waals surface area contributed by atoms with Crippen molar-refractivity contribution in [2.75, 3.05) is 0 Å². The van der Waals surface area contributed by atoms with Gasteiger partial charge in [0.1, 0.15) is 0 Å². The molecule has 2 aromatic carbocycles. The quantitative estimate of drug-likeness (QED) is 0.710. The lowest BCUT2D eigenvalue weighted by Gasteiger charge is -1.99. The molecule has 0 saturated carbocycles. The number of aryl methyl sites for hydroxylation is 1. The SMILES string of the molecule is Cc1ccc(-c2n[nH]c3ccc(Br)cc23)cc1. The summed E-state index contributed by atoms with van der Waals surface area (Å²) in [6.45, 7) is 2.09. The predicted octanol–water partition coefficient (Wildman–Crippen LogP) is 4.30. The van der Waals surface area contributed by atoms with Crippen molar-refractivity contribution in [1.29, 1.82) is 0 Å². The average molecular weight is 287 g/mol. The number of hydrogen-bond donors (Lipinski definition) is 1. The number of rotatable bonds is 1. The molecule has 0 atom stereocenters. The van der Waals surface area contributed by atoms with E-state index >= 15 is 0 Å². The highest BCUT2D eigenvalue weighted by atomic mass is 79.9. The maximum absolute atomic E-state index is 4.39. The summed E-state index contributed by atoms with van der Waals surface area (Å²) in [6, 6.07) is 14.6. The van der Waals surface area contributed by atoms with Gasteiger partial charge >= 0.3 is 0 Å². The van der Waals surface area contributed by atoms with Crippen LogP contribution in [-0.2, 0) is 0 Å². The van der Waals surface area contributed by atoms with Crippen LogP contribution in [0, 0.1) is 6.92 Å². The van der Waals surface area contributed by atoms with Crippen molar-refractivity contribution in [1.82, 2.24) is 10.2 Å². The number of H-pyrrole nitrogens is 1. The molecule has 0 aliphatic rings. The third-order valence-electron chi connectivity index (χ3n) is 2.85. The maximum Gasteiger partial charge on any atom is 0.0999 e. The monoisotopic (exact) mass is 286 g/mol. The number of nitrogens with one attached hydrogen (secondary N) is 1. The first-order valence-electron chi connectivity index (χ1n) is 5.45. The molecule has 0 aliphatic carbocycles. The highest BCUT2D eigenvalue weighted by Gasteiger charge is 2.07. The smallest absolute Gasteiger partial charge is 0.0999 e. The van der Waals surface area contributed by atoms with Gasteiger partial charge in [-0.15, -0.1) is 0 Å². The van der Waals surface area contributed by atoms with E-state index in [9.17, 15) is 0 Å². The Morgan fingerprint density at radius 2 is 1.82 bits per heavy atom. The Bertz CT molecular complexity index is 668. The first-order valence-corrected chi connectivity index (χ1v) is 6.24. The number of benzene rings is 2. The highest BCUT2D eigenvalue weighted by molar-refractivity contribution is 9.10. The molecule has 17 heavy (non-hydrogen) atoms. The summed E-state index contributed by atoms with van der Waals surface area (Å²) in [5, 5.41) is 8.59. The Labute approximate surface area is 108 Å². The minimum absolute atomic E-state index is 1.00. The Morgan fingerprint density at radius 3 is 2.59 bits per heavy atom. The second-order valence-corrected chi connectivity index (χ2v) is 5.04. The maximum atomic E-state index is 4.39. The van der Waals surface area contributed by atoms with Crippen molar-refractivity contribution >= 4 is 26.8 Å². The molecule has 0 bridgehead atoms. The minimum atomic E-state index is 1.00. The number of halogens is 1. The first-order chi connectivity index (χ1) is 8.24. The molecule has 3 rings (SSSR count). The Hall–Kier alpha value is -1.61. The summed E-state index contributed by atoms with van der Waals surface area (Å²) < 4.78 is 1.07. The number of aromatic amines is 1. The summed E-state index contributed by atoms with van der Waals surface area (Å²) in [4.78, 5) is 0. The van der Waals surface area contributed by atoms with E-state index in [1.54, 1.807) is 0 Å². The van der Waals surface area contributed by atoms with Crippen LogP contribution in [0.1, 0.15) is 5.56 Å². The summed E-state index contributed by atoms with van der Waals surface area (Å²) in [6.07, 6.45) is 0. The molecule has 0 radical (unpaired) electrons. The van der Waals surface area contributed by atoms with E-state index in [-0.39, 0.29) is 0 Å². The van der Waals surface area contributed by atoms with E-state index in [1.807, 2.05) is 12.1 Å². The van der Waals surface area contributed by atoms with E-state index in [1.165, 1.54) is 5.56 Å². The van der Waals surface area contributed by atoms with Crippen LogP contribution in [0.5, 0.6) is 0 Å². The van der Waals surface area contributed by atoms with Crippen molar-refractivity contribution in [2.24, 2.45) is 0 Å². The zero-order valence-corrected chi connectivity index (χ0v) is 11.0. The molecule has 0 fully saturated rings. The fraction of sp³-hybridized carbons (Fsp3) is 0.0714. The molecule has 1 N–H and O–H groups in total. The molecular weight excluding hydrogens is 276 g/mol. The van der Waals surface area contributed by atoms with Gasteiger partial charge < -0.3 is 0 Å². The molecular formula is C14H11BrN2. The lowest BCUT2D eigenvalue weighted by molar-refractivity contribution is 1.12. The van der Waals surface area contributed by atoms with E-state index in [0.29, 0.717) is 0 Å². The summed E-state index contributed by atoms with van der Waals surface area (Å²) >= 11 is 3.49. The number of fused-ring (bicyclic) bond motifs is 1. The molecule has 0 amide bonds. The Morgan fingerprint density at radius 1 is 1.06 bits per heavy atom. The first kappa shape index (κ1) is 10.5. The van der Waals surface area contributed by atoms with Crippen LogP contribution in [-0.4, -0.2) is 10.2 Å². The zero-order chi connectivity index (χ0) is 11.8. The molecule has 0 spiro atoms. The fourth-order valence-electron chi connectivity index (χ4n) is 1.92. The van der Waals surface area contributed by atoms with Crippen molar-refractivity contribution in [3.05, 3.63) is 52.5 Å². The third kappa shape index (κ3) is 1.87. The Kier molecular flexibility index (Phi) is 2.48. The molecule has 0 unspecified atom stereocenters. The van der Waals surface area contributed by atoms with Gasteiger partial charge in [0.15, 0.2) is 0 Å². The molecule has 84 valence electrons. The lowest BCUT2D eigenvalue weighted by Crippen LogP contribution is -1.79. The predicted molar refractivity (Wildman–Crippen MR) is 74.0 cm³/mol. The normalized spacial score (nSPS) is 10.9. The van der Waals surface area contributed by atoms with Crippen LogP contribution in [0.4, 0.5) is 0 Å². The van der Waals surface area contributed by atoms with Crippen LogP contribution in [0.2, 0.25) is 0 Å². The highest BCUT2D eigenvalue weighted by Crippen LogP contribution is 2.28. The van der Waals surface area contributed by atoms with Gasteiger partial charge in [0.2, 0.25) is 0 Å². The number of nitrogens with zero attached hydrogens (tertiary/aromatic N) is 1. The van der Waals surface area contributed by atoms with Gasteiger partial charge in [-0.25, -0.2) is 0 Å². The molecule has 3 aromatic rings. The summed E-state index contributed by atoms with van der Waals surface area (Å²) in [5.41, 5.74) is 4.46. The molecule has 0 saturated heterocycles. The second-order valence-electron chi connectivity index (χ2n) is 4.13. The van der Waals surface area contributed by atoms with Gasteiger partial charge in [-0.05, 0) is 25.1 Å². The van der Waals surface area contributed by atoms with Crippen LogP contribution < -0.4 is 0 Å². The number of hydrogen-bond acceptors (Lipinski definition) is 1. The second kappa shape index (κ2) is 4.00. The zero-order valence-electron chi connectivity index (χ0n) is 9.37. The average Bonchev–Trinajstić information content (AvgIpc) is 2.73. The van der Waals surface area contributed by atoms with Gasteiger partial charge in [0.05, 0.1) is 11.2 Å². The Balaban J connectivity index is 2.23. The topological polar surface area (TPSA) is 28.7 Å². The van der Waals surface area contributed by atoms with Crippen molar-refractivity contribution in [2.45, 2.75) is 6.92 Å². The van der Waals surface area contributed by atoms with Crippen LogP contribution >= 0.6 is 15.9 Å². The van der Waals surface area contributed by atoms with E-state index in [2.05, 4.69) is 63.4 Å².